The van der Waals surface area contributed by atoms with Crippen LogP contribution in [0.25, 0.3) is 0 Å². The van der Waals surface area contributed by atoms with Crippen LogP contribution in [0.1, 0.15) is 37.6 Å². The molecule has 0 spiro atoms. The van der Waals surface area contributed by atoms with E-state index in [9.17, 15) is 9.90 Å². The second-order valence-corrected chi connectivity index (χ2v) is 8.33. The van der Waals surface area contributed by atoms with E-state index in [0.29, 0.717) is 12.0 Å². The van der Waals surface area contributed by atoms with E-state index < -0.39 is 5.60 Å². The highest BCUT2D eigenvalue weighted by Crippen LogP contribution is 2.39. The second kappa shape index (κ2) is 6.57. The molecule has 6 nitrogen and oxygen atoms in total. The van der Waals surface area contributed by atoms with Crippen LogP contribution in [0.3, 0.4) is 0 Å². The van der Waals surface area contributed by atoms with Gasteiger partial charge in [0.25, 0.3) is 5.91 Å². The van der Waals surface area contributed by atoms with Crippen LogP contribution in [0.2, 0.25) is 0 Å². The molecular weight excluding hydrogens is 316 g/mol. The number of piperidine rings is 1. The topological polar surface area (TPSA) is 59.9 Å². The molecule has 2 aliphatic heterocycles. The van der Waals surface area contributed by atoms with Gasteiger partial charge in [0.2, 0.25) is 0 Å². The number of aromatic nitrogens is 1. The first-order chi connectivity index (χ1) is 11.7. The molecule has 3 heterocycles. The Hall–Kier alpha value is -1.66. The molecule has 2 saturated heterocycles. The average Bonchev–Trinajstić information content (AvgIpc) is 2.57. The van der Waals surface area contributed by atoms with Gasteiger partial charge in [-0.05, 0) is 32.5 Å². The highest BCUT2D eigenvalue weighted by atomic mass is 16.3. The van der Waals surface area contributed by atoms with Gasteiger partial charge in [-0.3, -0.25) is 4.79 Å². The molecule has 138 valence electrons. The van der Waals surface area contributed by atoms with Gasteiger partial charge in [0.15, 0.2) is 0 Å². The minimum Gasteiger partial charge on any atom is -0.389 e. The Kier molecular flexibility index (Phi) is 4.77. The SMILES string of the molecule is CN1CCN(C(=O)c2ccnc(N3CC[C@@](C)(O)C(C)(C)C3)c2)CC1. The molecule has 0 aliphatic carbocycles. The van der Waals surface area contributed by atoms with E-state index in [4.69, 9.17) is 0 Å². The third-order valence-electron chi connectivity index (χ3n) is 6.02. The Labute approximate surface area is 150 Å². The van der Waals surface area contributed by atoms with Crippen LogP contribution in [0.5, 0.6) is 0 Å². The predicted molar refractivity (Wildman–Crippen MR) is 98.9 cm³/mol. The molecule has 2 aliphatic rings. The van der Waals surface area contributed by atoms with Crippen molar-refractivity contribution in [3.8, 4) is 0 Å². The van der Waals surface area contributed by atoms with Crippen molar-refractivity contribution in [3.05, 3.63) is 23.9 Å². The third kappa shape index (κ3) is 3.65. The van der Waals surface area contributed by atoms with E-state index in [-0.39, 0.29) is 11.3 Å². The van der Waals surface area contributed by atoms with Crippen molar-refractivity contribution in [1.82, 2.24) is 14.8 Å². The lowest BCUT2D eigenvalue weighted by atomic mass is 9.71. The zero-order valence-corrected chi connectivity index (χ0v) is 15.8. The summed E-state index contributed by atoms with van der Waals surface area (Å²) in [6, 6.07) is 3.70. The van der Waals surface area contributed by atoms with Gasteiger partial charge in [-0.2, -0.15) is 0 Å². The molecule has 0 aromatic carbocycles. The Balaban J connectivity index is 1.75. The molecule has 0 unspecified atom stereocenters. The van der Waals surface area contributed by atoms with Crippen molar-refractivity contribution in [2.75, 3.05) is 51.2 Å². The normalized spacial score (nSPS) is 27.4. The number of nitrogens with zero attached hydrogens (tertiary/aromatic N) is 4. The van der Waals surface area contributed by atoms with Crippen molar-refractivity contribution in [2.24, 2.45) is 5.41 Å². The number of amides is 1. The van der Waals surface area contributed by atoms with Crippen LogP contribution >= 0.6 is 0 Å². The van der Waals surface area contributed by atoms with Crippen LogP contribution < -0.4 is 4.90 Å². The summed E-state index contributed by atoms with van der Waals surface area (Å²) in [4.78, 5) is 23.6. The summed E-state index contributed by atoms with van der Waals surface area (Å²) in [6.07, 6.45) is 2.41. The number of carbonyl (C=O) groups excluding carboxylic acids is 1. The molecule has 3 rings (SSSR count). The Morgan fingerprint density at radius 3 is 2.48 bits per heavy atom. The third-order valence-corrected chi connectivity index (χ3v) is 6.02. The fourth-order valence-electron chi connectivity index (χ4n) is 3.53. The van der Waals surface area contributed by atoms with Crippen molar-refractivity contribution in [1.29, 1.82) is 0 Å². The molecule has 1 atom stereocenters. The van der Waals surface area contributed by atoms with Gasteiger partial charge < -0.3 is 19.8 Å². The van der Waals surface area contributed by atoms with Crippen LogP contribution in [0.4, 0.5) is 5.82 Å². The monoisotopic (exact) mass is 346 g/mol. The molecule has 0 saturated carbocycles. The summed E-state index contributed by atoms with van der Waals surface area (Å²) in [5.74, 6) is 0.906. The van der Waals surface area contributed by atoms with Gasteiger partial charge in [-0.25, -0.2) is 4.98 Å². The minimum absolute atomic E-state index is 0.0833. The maximum Gasteiger partial charge on any atom is 0.254 e. The molecule has 1 N–H and O–H groups in total. The summed E-state index contributed by atoms with van der Waals surface area (Å²) in [6.45, 7) is 10.9. The molecule has 2 fully saturated rings. The van der Waals surface area contributed by atoms with Crippen LogP contribution in [-0.4, -0.2) is 77.7 Å². The van der Waals surface area contributed by atoms with Crippen molar-refractivity contribution < 1.29 is 9.90 Å². The molecule has 25 heavy (non-hydrogen) atoms. The summed E-state index contributed by atoms with van der Waals surface area (Å²) in [7, 11) is 2.08. The number of likely N-dealkylation sites (N-methyl/N-ethyl adjacent to an activating group) is 1. The molecule has 6 heteroatoms. The number of hydrogen-bond acceptors (Lipinski definition) is 5. The molecule has 0 bridgehead atoms. The molecule has 1 aromatic heterocycles. The first-order valence-corrected chi connectivity index (χ1v) is 9.11. The number of pyridine rings is 1. The Morgan fingerprint density at radius 1 is 1.16 bits per heavy atom. The lowest BCUT2D eigenvalue weighted by Crippen LogP contribution is -2.56. The number of piperazine rings is 1. The standard InChI is InChI=1S/C19H30N4O2/c1-18(2)14-23(8-6-19(18,3)25)16-13-15(5-7-20-16)17(24)22-11-9-21(4)10-12-22/h5,7,13,25H,6,8-12,14H2,1-4H3/t19-/m1/s1. The molecule has 1 aromatic rings. The van der Waals surface area contributed by atoms with Gasteiger partial charge in [-0.1, -0.05) is 13.8 Å². The van der Waals surface area contributed by atoms with Gasteiger partial charge in [0.05, 0.1) is 5.60 Å². The molecule has 1 amide bonds. The Morgan fingerprint density at radius 2 is 1.84 bits per heavy atom. The smallest absolute Gasteiger partial charge is 0.254 e. The van der Waals surface area contributed by atoms with Crippen LogP contribution in [-0.2, 0) is 0 Å². The second-order valence-electron chi connectivity index (χ2n) is 8.33. The van der Waals surface area contributed by atoms with E-state index >= 15 is 0 Å². The van der Waals surface area contributed by atoms with Gasteiger partial charge in [0, 0.05) is 56.4 Å². The Bertz CT molecular complexity index is 636. The first kappa shape index (κ1) is 18.1. The zero-order valence-electron chi connectivity index (χ0n) is 15.8. The van der Waals surface area contributed by atoms with Crippen LogP contribution in [0, 0.1) is 5.41 Å². The highest BCUT2D eigenvalue weighted by Gasteiger charge is 2.44. The quantitative estimate of drug-likeness (QED) is 0.878. The number of anilines is 1. The summed E-state index contributed by atoms with van der Waals surface area (Å²) in [5, 5.41) is 10.6. The van der Waals surface area contributed by atoms with E-state index in [0.717, 1.165) is 45.1 Å². The van der Waals surface area contributed by atoms with E-state index in [1.54, 1.807) is 12.3 Å². The maximum atomic E-state index is 12.8. The van der Waals surface area contributed by atoms with Crippen LogP contribution in [0.15, 0.2) is 18.3 Å². The van der Waals surface area contributed by atoms with Crippen molar-refractivity contribution >= 4 is 11.7 Å². The zero-order chi connectivity index (χ0) is 18.2. The lowest BCUT2D eigenvalue weighted by Gasteiger charge is -2.49. The predicted octanol–water partition coefficient (Wildman–Crippen LogP) is 1.46. The number of hydrogen-bond donors (Lipinski definition) is 1. The minimum atomic E-state index is -0.684. The lowest BCUT2D eigenvalue weighted by molar-refractivity contribution is -0.0650. The maximum absolute atomic E-state index is 12.8. The molecular formula is C19H30N4O2. The first-order valence-electron chi connectivity index (χ1n) is 9.11. The average molecular weight is 346 g/mol. The van der Waals surface area contributed by atoms with E-state index in [1.165, 1.54) is 0 Å². The summed E-state index contributed by atoms with van der Waals surface area (Å²) < 4.78 is 0. The summed E-state index contributed by atoms with van der Waals surface area (Å²) in [5.41, 5.74) is -0.217. The number of aliphatic hydroxyl groups is 1. The number of carbonyl (C=O) groups is 1. The van der Waals surface area contributed by atoms with Gasteiger partial charge in [0.1, 0.15) is 5.82 Å². The van der Waals surface area contributed by atoms with Crippen molar-refractivity contribution in [3.63, 3.8) is 0 Å². The fourth-order valence-corrected chi connectivity index (χ4v) is 3.53. The summed E-state index contributed by atoms with van der Waals surface area (Å²) >= 11 is 0. The largest absolute Gasteiger partial charge is 0.389 e. The molecule has 0 radical (unpaired) electrons. The van der Waals surface area contributed by atoms with E-state index in [2.05, 4.69) is 35.7 Å². The van der Waals surface area contributed by atoms with Gasteiger partial charge in [-0.15, -0.1) is 0 Å². The number of rotatable bonds is 2. The van der Waals surface area contributed by atoms with Gasteiger partial charge >= 0.3 is 0 Å². The fraction of sp³-hybridized carbons (Fsp3) is 0.684. The highest BCUT2D eigenvalue weighted by molar-refractivity contribution is 5.95. The van der Waals surface area contributed by atoms with E-state index in [1.807, 2.05) is 17.9 Å². The van der Waals surface area contributed by atoms with Crippen molar-refractivity contribution in [2.45, 2.75) is 32.8 Å².